The Kier molecular flexibility index (Phi) is 7.19. The number of ether oxygens (including phenoxy) is 1. The van der Waals surface area contributed by atoms with Gasteiger partial charge in [-0.15, -0.1) is 0 Å². The number of methoxy groups -OCH3 is 1. The number of benzene rings is 2. The molecule has 1 aromatic heterocycles. The van der Waals surface area contributed by atoms with Gasteiger partial charge >= 0.3 is 5.97 Å². The van der Waals surface area contributed by atoms with Crippen LogP contribution in [0.25, 0.3) is 11.3 Å². The lowest BCUT2D eigenvalue weighted by Gasteiger charge is -2.15. The van der Waals surface area contributed by atoms with E-state index in [1.807, 2.05) is 50.2 Å². The highest BCUT2D eigenvalue weighted by atomic mass is 32.2. The molecule has 3 rings (SSSR count). The van der Waals surface area contributed by atoms with Gasteiger partial charge in [0.05, 0.1) is 23.6 Å². The van der Waals surface area contributed by atoms with Crippen LogP contribution in [0.5, 0.6) is 0 Å². The van der Waals surface area contributed by atoms with Crippen LogP contribution < -0.4 is 5.32 Å². The van der Waals surface area contributed by atoms with Crippen LogP contribution in [0.2, 0.25) is 0 Å². The van der Waals surface area contributed by atoms with Gasteiger partial charge in [-0.25, -0.2) is 14.8 Å². The molecular formula is C23H23N3O3S. The van der Waals surface area contributed by atoms with Gasteiger partial charge in [0.15, 0.2) is 0 Å². The van der Waals surface area contributed by atoms with Crippen molar-refractivity contribution in [1.82, 2.24) is 9.97 Å². The standard InChI is InChI=1S/C23H23N3O3S/c1-4-20(22(27)26-18-12-8-11-17(13-18)23(28)29-3)30-21-14-19(24-15(2)25-21)16-9-6-5-7-10-16/h5-14,20H,4H2,1-3H3,(H,26,27). The fraction of sp³-hybridized carbons (Fsp3) is 0.217. The minimum atomic E-state index is -0.447. The summed E-state index contributed by atoms with van der Waals surface area (Å²) >= 11 is 1.40. The summed E-state index contributed by atoms with van der Waals surface area (Å²) in [6, 6.07) is 18.5. The van der Waals surface area contributed by atoms with Crippen LogP contribution >= 0.6 is 11.8 Å². The Hall–Kier alpha value is -3.19. The van der Waals surface area contributed by atoms with Gasteiger partial charge in [-0.05, 0) is 37.6 Å². The van der Waals surface area contributed by atoms with Gasteiger partial charge < -0.3 is 10.1 Å². The number of esters is 1. The third kappa shape index (κ3) is 5.45. The van der Waals surface area contributed by atoms with Gasteiger partial charge in [-0.1, -0.05) is 55.1 Å². The molecule has 7 heteroatoms. The summed E-state index contributed by atoms with van der Waals surface area (Å²) in [5, 5.41) is 3.28. The van der Waals surface area contributed by atoms with E-state index in [2.05, 4.69) is 15.3 Å². The molecule has 0 fully saturated rings. The normalized spacial score (nSPS) is 11.6. The number of nitrogens with one attached hydrogen (secondary N) is 1. The second-order valence-electron chi connectivity index (χ2n) is 6.58. The summed E-state index contributed by atoms with van der Waals surface area (Å²) in [6.07, 6.45) is 0.622. The number of rotatable bonds is 7. The number of amides is 1. The fourth-order valence-electron chi connectivity index (χ4n) is 2.89. The van der Waals surface area contributed by atoms with Crippen molar-refractivity contribution in [2.45, 2.75) is 30.5 Å². The topological polar surface area (TPSA) is 81.2 Å². The lowest BCUT2D eigenvalue weighted by atomic mass is 10.1. The van der Waals surface area contributed by atoms with E-state index in [0.717, 1.165) is 16.3 Å². The molecule has 3 aromatic rings. The number of aryl methyl sites for hydroxylation is 1. The van der Waals surface area contributed by atoms with Crippen molar-refractivity contribution in [3.63, 3.8) is 0 Å². The maximum atomic E-state index is 12.8. The van der Waals surface area contributed by atoms with Crippen molar-refractivity contribution in [2.24, 2.45) is 0 Å². The molecule has 0 aliphatic heterocycles. The Morgan fingerprint density at radius 1 is 1.07 bits per heavy atom. The molecule has 0 aliphatic rings. The van der Waals surface area contributed by atoms with E-state index in [4.69, 9.17) is 4.74 Å². The highest BCUT2D eigenvalue weighted by molar-refractivity contribution is 8.00. The molecule has 0 spiro atoms. The van der Waals surface area contributed by atoms with E-state index in [-0.39, 0.29) is 11.2 Å². The number of carbonyl (C=O) groups excluding carboxylic acids is 2. The number of nitrogens with zero attached hydrogens (tertiary/aromatic N) is 2. The van der Waals surface area contributed by atoms with Gasteiger partial charge in [-0.2, -0.15) is 0 Å². The maximum absolute atomic E-state index is 12.8. The van der Waals surface area contributed by atoms with Crippen molar-refractivity contribution in [3.05, 3.63) is 72.1 Å². The monoisotopic (exact) mass is 421 g/mol. The Balaban J connectivity index is 1.76. The second-order valence-corrected chi connectivity index (χ2v) is 7.80. The van der Waals surface area contributed by atoms with Crippen LogP contribution in [0.3, 0.4) is 0 Å². The summed E-state index contributed by atoms with van der Waals surface area (Å²) in [4.78, 5) is 33.6. The highest BCUT2D eigenvalue weighted by Gasteiger charge is 2.20. The molecule has 1 atom stereocenters. The van der Waals surface area contributed by atoms with Gasteiger partial charge in [0.2, 0.25) is 5.91 Å². The number of hydrogen-bond acceptors (Lipinski definition) is 6. The van der Waals surface area contributed by atoms with E-state index < -0.39 is 5.97 Å². The van der Waals surface area contributed by atoms with Crippen LogP contribution in [0, 0.1) is 6.92 Å². The van der Waals surface area contributed by atoms with Crippen LogP contribution in [0.1, 0.15) is 29.5 Å². The van der Waals surface area contributed by atoms with Crippen LogP contribution in [-0.2, 0) is 9.53 Å². The van der Waals surface area contributed by atoms with E-state index in [9.17, 15) is 9.59 Å². The first-order chi connectivity index (χ1) is 14.5. The molecule has 0 bridgehead atoms. The maximum Gasteiger partial charge on any atom is 0.337 e. The largest absolute Gasteiger partial charge is 0.465 e. The molecule has 0 radical (unpaired) electrons. The van der Waals surface area contributed by atoms with Gasteiger partial charge in [0, 0.05) is 11.3 Å². The molecule has 30 heavy (non-hydrogen) atoms. The van der Waals surface area contributed by atoms with Crippen LogP contribution in [0.4, 0.5) is 5.69 Å². The third-order valence-corrected chi connectivity index (χ3v) is 5.64. The number of hydrogen-bond donors (Lipinski definition) is 1. The molecule has 6 nitrogen and oxygen atoms in total. The van der Waals surface area contributed by atoms with Crippen molar-refractivity contribution >= 4 is 29.3 Å². The minimum absolute atomic E-state index is 0.151. The molecule has 1 amide bonds. The van der Waals surface area contributed by atoms with E-state index >= 15 is 0 Å². The molecule has 0 aliphatic carbocycles. The van der Waals surface area contributed by atoms with E-state index in [1.54, 1.807) is 24.3 Å². The Morgan fingerprint density at radius 2 is 1.83 bits per heavy atom. The molecule has 154 valence electrons. The average Bonchev–Trinajstić information content (AvgIpc) is 2.77. The zero-order valence-electron chi connectivity index (χ0n) is 17.1. The van der Waals surface area contributed by atoms with Crippen molar-refractivity contribution in [3.8, 4) is 11.3 Å². The molecule has 0 saturated heterocycles. The zero-order valence-corrected chi connectivity index (χ0v) is 17.9. The Labute approximate surface area is 180 Å². The van der Waals surface area contributed by atoms with Gasteiger partial charge in [0.1, 0.15) is 10.9 Å². The lowest BCUT2D eigenvalue weighted by molar-refractivity contribution is -0.115. The first kappa shape index (κ1) is 21.5. The Morgan fingerprint density at radius 3 is 2.53 bits per heavy atom. The molecule has 0 saturated carbocycles. The van der Waals surface area contributed by atoms with E-state index in [1.165, 1.54) is 18.9 Å². The average molecular weight is 422 g/mol. The second kappa shape index (κ2) is 10.0. The lowest BCUT2D eigenvalue weighted by Crippen LogP contribution is -2.24. The Bertz CT molecular complexity index is 1040. The summed E-state index contributed by atoms with van der Waals surface area (Å²) in [6.45, 7) is 3.80. The highest BCUT2D eigenvalue weighted by Crippen LogP contribution is 2.28. The molecule has 2 aromatic carbocycles. The number of anilines is 1. The summed E-state index contributed by atoms with van der Waals surface area (Å²) in [7, 11) is 1.32. The molecule has 1 unspecified atom stereocenters. The predicted octanol–water partition coefficient (Wildman–Crippen LogP) is 4.75. The molecule has 1 N–H and O–H groups in total. The van der Waals surface area contributed by atoms with Crippen molar-refractivity contribution in [2.75, 3.05) is 12.4 Å². The van der Waals surface area contributed by atoms with Gasteiger partial charge in [-0.3, -0.25) is 4.79 Å². The quantitative estimate of drug-likeness (QED) is 0.337. The zero-order chi connectivity index (χ0) is 21.5. The fourth-order valence-corrected chi connectivity index (χ4v) is 3.88. The minimum Gasteiger partial charge on any atom is -0.465 e. The van der Waals surface area contributed by atoms with Crippen LogP contribution in [-0.4, -0.2) is 34.2 Å². The number of thioether (sulfide) groups is 1. The molecular weight excluding hydrogens is 398 g/mol. The van der Waals surface area contributed by atoms with Crippen molar-refractivity contribution in [1.29, 1.82) is 0 Å². The predicted molar refractivity (Wildman–Crippen MR) is 119 cm³/mol. The first-order valence-corrected chi connectivity index (χ1v) is 10.4. The number of aromatic nitrogens is 2. The first-order valence-electron chi connectivity index (χ1n) is 9.57. The SMILES string of the molecule is CCC(Sc1cc(-c2ccccc2)nc(C)n1)C(=O)Nc1cccc(C(=O)OC)c1. The third-order valence-electron chi connectivity index (χ3n) is 4.36. The summed E-state index contributed by atoms with van der Waals surface area (Å²) in [5.41, 5.74) is 2.76. The van der Waals surface area contributed by atoms with Crippen LogP contribution in [0.15, 0.2) is 65.7 Å². The molecule has 1 heterocycles. The number of carbonyl (C=O) groups is 2. The smallest absolute Gasteiger partial charge is 0.337 e. The summed E-state index contributed by atoms with van der Waals surface area (Å²) in [5.74, 6) is 0.0550. The van der Waals surface area contributed by atoms with Crippen molar-refractivity contribution < 1.29 is 14.3 Å². The van der Waals surface area contributed by atoms with E-state index in [0.29, 0.717) is 23.5 Å². The van der Waals surface area contributed by atoms with Gasteiger partial charge in [0.25, 0.3) is 0 Å². The summed E-state index contributed by atoms with van der Waals surface area (Å²) < 4.78 is 4.73.